The topological polar surface area (TPSA) is 64.6 Å². The second-order valence-electron chi connectivity index (χ2n) is 6.49. The van der Waals surface area contributed by atoms with Crippen molar-refractivity contribution < 1.29 is 19.1 Å². The van der Waals surface area contributed by atoms with Crippen molar-refractivity contribution in [3.63, 3.8) is 0 Å². The molecule has 0 saturated heterocycles. The molecule has 0 unspecified atom stereocenters. The van der Waals surface area contributed by atoms with E-state index in [9.17, 15) is 9.59 Å². The first-order valence-corrected chi connectivity index (χ1v) is 8.98. The molecule has 3 aromatic rings. The molecule has 0 atom stereocenters. The van der Waals surface area contributed by atoms with Crippen LogP contribution in [0.2, 0.25) is 0 Å². The number of hydrogen-bond donors (Lipinski definition) is 1. The molecular formula is C23H19NO4. The van der Waals surface area contributed by atoms with Crippen LogP contribution < -0.4 is 5.32 Å². The van der Waals surface area contributed by atoms with Crippen LogP contribution in [-0.2, 0) is 9.47 Å². The smallest absolute Gasteiger partial charge is 0.411 e. The predicted octanol–water partition coefficient (Wildman–Crippen LogP) is 4.83. The van der Waals surface area contributed by atoms with Gasteiger partial charge < -0.3 is 9.47 Å². The Bertz CT molecular complexity index is 999. The van der Waals surface area contributed by atoms with Crippen molar-refractivity contribution in [3.8, 4) is 11.1 Å². The van der Waals surface area contributed by atoms with Gasteiger partial charge in [0.05, 0.1) is 18.4 Å². The van der Waals surface area contributed by atoms with Gasteiger partial charge in [-0.1, -0.05) is 60.7 Å². The van der Waals surface area contributed by atoms with Crippen LogP contribution in [0.15, 0.2) is 72.8 Å². The van der Waals surface area contributed by atoms with Gasteiger partial charge in [-0.05, 0) is 34.4 Å². The van der Waals surface area contributed by atoms with Gasteiger partial charge in [0.1, 0.15) is 6.61 Å². The lowest BCUT2D eigenvalue weighted by atomic mass is 9.98. The van der Waals surface area contributed by atoms with Crippen LogP contribution in [0.25, 0.3) is 11.1 Å². The van der Waals surface area contributed by atoms with E-state index in [1.54, 1.807) is 24.3 Å². The Labute approximate surface area is 162 Å². The predicted molar refractivity (Wildman–Crippen MR) is 106 cm³/mol. The molecule has 0 aromatic heterocycles. The molecule has 0 radical (unpaired) electrons. The van der Waals surface area contributed by atoms with E-state index in [1.165, 1.54) is 18.2 Å². The highest BCUT2D eigenvalue weighted by Gasteiger charge is 2.29. The minimum atomic E-state index is -0.613. The Balaban J connectivity index is 1.50. The summed E-state index contributed by atoms with van der Waals surface area (Å²) in [7, 11) is 1.30. The summed E-state index contributed by atoms with van der Waals surface area (Å²) in [6.45, 7) is 0.209. The maximum Gasteiger partial charge on any atom is 0.411 e. The lowest BCUT2D eigenvalue weighted by molar-refractivity contribution is 0.0602. The van der Waals surface area contributed by atoms with Gasteiger partial charge >= 0.3 is 12.1 Å². The van der Waals surface area contributed by atoms with E-state index in [1.807, 2.05) is 24.3 Å². The minimum Gasteiger partial charge on any atom is -0.465 e. The molecule has 5 nitrogen and oxygen atoms in total. The highest BCUT2D eigenvalue weighted by Crippen LogP contribution is 2.44. The molecular weight excluding hydrogens is 354 g/mol. The summed E-state index contributed by atoms with van der Waals surface area (Å²) in [5.41, 5.74) is 5.26. The summed E-state index contributed by atoms with van der Waals surface area (Å²) in [6, 6.07) is 22.9. The van der Waals surface area contributed by atoms with Gasteiger partial charge in [-0.15, -0.1) is 0 Å². The summed E-state index contributed by atoms with van der Waals surface area (Å²) in [4.78, 5) is 24.2. The van der Waals surface area contributed by atoms with Crippen LogP contribution in [0.4, 0.5) is 10.5 Å². The molecule has 28 heavy (non-hydrogen) atoms. The quantitative estimate of drug-likeness (QED) is 0.665. The van der Waals surface area contributed by atoms with Crippen molar-refractivity contribution in [2.75, 3.05) is 19.0 Å². The van der Waals surface area contributed by atoms with E-state index in [0.29, 0.717) is 5.69 Å². The number of rotatable bonds is 4. The van der Waals surface area contributed by atoms with Crippen molar-refractivity contribution in [2.45, 2.75) is 5.92 Å². The Morgan fingerprint density at radius 1 is 0.857 bits per heavy atom. The fraction of sp³-hybridized carbons (Fsp3) is 0.130. The SMILES string of the molecule is COC(=O)c1ccccc1NC(=O)OCC1c2ccccc2-c2ccccc21. The van der Waals surface area contributed by atoms with Crippen LogP contribution >= 0.6 is 0 Å². The third-order valence-electron chi connectivity index (χ3n) is 4.91. The van der Waals surface area contributed by atoms with E-state index in [4.69, 9.17) is 9.47 Å². The monoisotopic (exact) mass is 373 g/mol. The maximum atomic E-state index is 12.4. The maximum absolute atomic E-state index is 12.4. The largest absolute Gasteiger partial charge is 0.465 e. The molecule has 3 aromatic carbocycles. The summed E-state index contributed by atoms with van der Waals surface area (Å²) >= 11 is 0. The highest BCUT2D eigenvalue weighted by atomic mass is 16.5. The second kappa shape index (κ2) is 7.56. The third-order valence-corrected chi connectivity index (χ3v) is 4.91. The average molecular weight is 373 g/mol. The van der Waals surface area contributed by atoms with Gasteiger partial charge in [0.15, 0.2) is 0 Å². The lowest BCUT2D eigenvalue weighted by Gasteiger charge is -2.15. The normalized spacial score (nSPS) is 12.0. The summed E-state index contributed by atoms with van der Waals surface area (Å²) in [5, 5.41) is 2.64. The van der Waals surface area contributed by atoms with E-state index < -0.39 is 12.1 Å². The standard InChI is InChI=1S/C23H19NO4/c1-27-22(25)19-12-6-7-13-21(19)24-23(26)28-14-20-17-10-4-2-8-15(17)16-9-3-5-11-18(16)20/h2-13,20H,14H2,1H3,(H,24,26). The van der Waals surface area contributed by atoms with E-state index in [-0.39, 0.29) is 18.1 Å². The number of amides is 1. The molecule has 0 aliphatic heterocycles. The van der Waals surface area contributed by atoms with E-state index in [0.717, 1.165) is 11.1 Å². The van der Waals surface area contributed by atoms with Crippen LogP contribution in [0.3, 0.4) is 0 Å². The Kier molecular flexibility index (Phi) is 4.81. The highest BCUT2D eigenvalue weighted by molar-refractivity contribution is 5.99. The van der Waals surface area contributed by atoms with Crippen LogP contribution in [0.1, 0.15) is 27.4 Å². The number of para-hydroxylation sites is 1. The number of benzene rings is 3. The van der Waals surface area contributed by atoms with Crippen LogP contribution in [0.5, 0.6) is 0 Å². The molecule has 140 valence electrons. The molecule has 0 spiro atoms. The van der Waals surface area contributed by atoms with Gasteiger partial charge in [-0.2, -0.15) is 0 Å². The lowest BCUT2D eigenvalue weighted by Crippen LogP contribution is -2.19. The van der Waals surface area contributed by atoms with Crippen molar-refractivity contribution in [3.05, 3.63) is 89.5 Å². The molecule has 1 aliphatic rings. The molecule has 1 amide bonds. The van der Waals surface area contributed by atoms with Gasteiger partial charge in [-0.25, -0.2) is 9.59 Å². The zero-order chi connectivity index (χ0) is 19.5. The van der Waals surface area contributed by atoms with E-state index >= 15 is 0 Å². The first-order chi connectivity index (χ1) is 13.7. The van der Waals surface area contributed by atoms with Gasteiger partial charge in [0.25, 0.3) is 0 Å². The Morgan fingerprint density at radius 2 is 1.43 bits per heavy atom. The number of fused-ring (bicyclic) bond motifs is 3. The number of esters is 1. The number of hydrogen-bond acceptors (Lipinski definition) is 4. The molecule has 0 fully saturated rings. The van der Waals surface area contributed by atoms with E-state index in [2.05, 4.69) is 29.6 Å². The summed E-state index contributed by atoms with van der Waals surface area (Å²) in [6.07, 6.45) is -0.613. The molecule has 1 aliphatic carbocycles. The number of nitrogens with one attached hydrogen (secondary N) is 1. The molecule has 0 saturated carbocycles. The van der Waals surface area contributed by atoms with Crippen molar-refractivity contribution in [2.24, 2.45) is 0 Å². The first-order valence-electron chi connectivity index (χ1n) is 8.98. The number of ether oxygens (including phenoxy) is 2. The minimum absolute atomic E-state index is 0.0194. The number of anilines is 1. The summed E-state index contributed by atoms with van der Waals surface area (Å²) < 4.78 is 10.3. The molecule has 4 rings (SSSR count). The van der Waals surface area contributed by atoms with Gasteiger partial charge in [-0.3, -0.25) is 5.32 Å². The Hall–Kier alpha value is -3.60. The van der Waals surface area contributed by atoms with Gasteiger partial charge in [0, 0.05) is 5.92 Å². The number of carbonyl (C=O) groups is 2. The van der Waals surface area contributed by atoms with Crippen molar-refractivity contribution in [1.29, 1.82) is 0 Å². The Morgan fingerprint density at radius 3 is 2.07 bits per heavy atom. The average Bonchev–Trinajstić information content (AvgIpc) is 3.06. The summed E-state index contributed by atoms with van der Waals surface area (Å²) in [5.74, 6) is -0.538. The molecule has 0 bridgehead atoms. The number of methoxy groups -OCH3 is 1. The third kappa shape index (κ3) is 3.22. The molecule has 1 N–H and O–H groups in total. The van der Waals surface area contributed by atoms with Gasteiger partial charge in [0.2, 0.25) is 0 Å². The first kappa shape index (κ1) is 17.8. The second-order valence-corrected chi connectivity index (χ2v) is 6.49. The fourth-order valence-corrected chi connectivity index (χ4v) is 3.62. The van der Waals surface area contributed by atoms with Crippen molar-refractivity contribution in [1.82, 2.24) is 0 Å². The number of carbonyl (C=O) groups excluding carboxylic acids is 2. The van der Waals surface area contributed by atoms with Crippen LogP contribution in [0, 0.1) is 0 Å². The zero-order valence-corrected chi connectivity index (χ0v) is 15.3. The fourth-order valence-electron chi connectivity index (χ4n) is 3.62. The van der Waals surface area contributed by atoms with Crippen LogP contribution in [-0.4, -0.2) is 25.8 Å². The zero-order valence-electron chi connectivity index (χ0n) is 15.3. The molecule has 5 heteroatoms. The van der Waals surface area contributed by atoms with Crippen molar-refractivity contribution >= 4 is 17.7 Å². The molecule has 0 heterocycles.